The van der Waals surface area contributed by atoms with Crippen molar-refractivity contribution in [1.82, 2.24) is 9.80 Å². The molecule has 0 saturated carbocycles. The lowest BCUT2D eigenvalue weighted by Crippen LogP contribution is -2.51. The zero-order chi connectivity index (χ0) is 14.8. The van der Waals surface area contributed by atoms with Crippen LogP contribution in [0, 0.1) is 0 Å². The maximum Gasteiger partial charge on any atom is 0.410 e. The number of carbonyl (C=O) groups excluding carboxylic acids is 2. The number of nitrogens with zero attached hydrogens (tertiary/aromatic N) is 2. The van der Waals surface area contributed by atoms with Crippen LogP contribution in [0.4, 0.5) is 4.79 Å². The quantitative estimate of drug-likeness (QED) is 0.739. The van der Waals surface area contributed by atoms with Gasteiger partial charge >= 0.3 is 6.09 Å². The van der Waals surface area contributed by atoms with Crippen LogP contribution in [0.2, 0.25) is 0 Å². The second kappa shape index (κ2) is 5.85. The summed E-state index contributed by atoms with van der Waals surface area (Å²) in [6.45, 7) is 7.86. The van der Waals surface area contributed by atoms with E-state index in [2.05, 4.69) is 0 Å². The highest BCUT2D eigenvalue weighted by Crippen LogP contribution is 2.20. The zero-order valence-corrected chi connectivity index (χ0v) is 12.6. The smallest absolute Gasteiger partial charge is 0.410 e. The van der Waals surface area contributed by atoms with Gasteiger partial charge in [0.2, 0.25) is 5.91 Å². The molecule has 0 N–H and O–H groups in total. The normalized spacial score (nSPS) is 19.9. The number of amides is 2. The first-order chi connectivity index (χ1) is 9.37. The number of hydrogen-bond donors (Lipinski definition) is 0. The van der Waals surface area contributed by atoms with Crippen LogP contribution >= 0.6 is 0 Å². The summed E-state index contributed by atoms with van der Waals surface area (Å²) in [6.07, 6.45) is 4.75. The molecule has 0 bridgehead atoms. The number of hydrogen-bond acceptors (Lipinski definition) is 3. The van der Waals surface area contributed by atoms with Gasteiger partial charge in [-0.3, -0.25) is 4.79 Å². The van der Waals surface area contributed by atoms with E-state index >= 15 is 0 Å². The first kappa shape index (κ1) is 14.9. The summed E-state index contributed by atoms with van der Waals surface area (Å²) < 4.78 is 5.34. The minimum atomic E-state index is -0.474. The highest BCUT2D eigenvalue weighted by atomic mass is 16.6. The molecule has 1 heterocycles. The largest absolute Gasteiger partial charge is 0.444 e. The molecule has 2 rings (SSSR count). The van der Waals surface area contributed by atoms with Crippen LogP contribution in [0.1, 0.15) is 40.0 Å². The summed E-state index contributed by atoms with van der Waals surface area (Å²) in [5.74, 6) is 0.145. The molecule has 5 nitrogen and oxygen atoms in total. The van der Waals surface area contributed by atoms with Crippen molar-refractivity contribution >= 4 is 12.0 Å². The molecule has 0 aromatic rings. The van der Waals surface area contributed by atoms with Gasteiger partial charge in [0.05, 0.1) is 0 Å². The summed E-state index contributed by atoms with van der Waals surface area (Å²) in [4.78, 5) is 27.7. The Hall–Kier alpha value is -1.52. The Labute approximate surface area is 120 Å². The number of ether oxygens (including phenoxy) is 1. The maximum atomic E-state index is 12.2. The second-order valence-corrected chi connectivity index (χ2v) is 6.38. The zero-order valence-electron chi connectivity index (χ0n) is 12.6. The number of carbonyl (C=O) groups is 2. The van der Waals surface area contributed by atoms with Crippen molar-refractivity contribution < 1.29 is 14.3 Å². The fourth-order valence-electron chi connectivity index (χ4n) is 2.49. The summed E-state index contributed by atoms with van der Waals surface area (Å²) in [5, 5.41) is 0. The van der Waals surface area contributed by atoms with Gasteiger partial charge < -0.3 is 14.5 Å². The third-order valence-electron chi connectivity index (χ3n) is 3.53. The van der Waals surface area contributed by atoms with E-state index in [4.69, 9.17) is 4.74 Å². The Morgan fingerprint density at radius 3 is 2.20 bits per heavy atom. The van der Waals surface area contributed by atoms with Crippen LogP contribution < -0.4 is 0 Å². The van der Waals surface area contributed by atoms with E-state index in [9.17, 15) is 9.59 Å². The average molecular weight is 280 g/mol. The SMILES string of the molecule is CC(C)(C)OC(=O)N1CCN(C(=O)C2=CCCC2)CC1. The van der Waals surface area contributed by atoms with Crippen LogP contribution in [0.5, 0.6) is 0 Å². The van der Waals surface area contributed by atoms with Gasteiger partial charge in [0, 0.05) is 31.8 Å². The number of rotatable bonds is 1. The van der Waals surface area contributed by atoms with Gasteiger partial charge in [-0.25, -0.2) is 4.79 Å². The molecule has 0 spiro atoms. The topological polar surface area (TPSA) is 49.9 Å². The highest BCUT2D eigenvalue weighted by molar-refractivity contribution is 5.94. The second-order valence-electron chi connectivity index (χ2n) is 6.38. The van der Waals surface area contributed by atoms with Gasteiger partial charge in [-0.2, -0.15) is 0 Å². The molecule has 112 valence electrons. The predicted octanol–water partition coefficient (Wildman–Crippen LogP) is 2.18. The summed E-state index contributed by atoms with van der Waals surface area (Å²) >= 11 is 0. The minimum absolute atomic E-state index is 0.145. The third kappa shape index (κ3) is 3.74. The van der Waals surface area contributed by atoms with Crippen molar-refractivity contribution in [2.24, 2.45) is 0 Å². The molecule has 1 saturated heterocycles. The van der Waals surface area contributed by atoms with Crippen molar-refractivity contribution in [1.29, 1.82) is 0 Å². The molecule has 0 atom stereocenters. The molecule has 0 aromatic heterocycles. The molecular formula is C15H24N2O3. The molecule has 1 aliphatic carbocycles. The summed E-state index contributed by atoms with van der Waals surface area (Å²) in [7, 11) is 0. The molecule has 2 aliphatic rings. The maximum absolute atomic E-state index is 12.2. The Morgan fingerprint density at radius 1 is 1.10 bits per heavy atom. The van der Waals surface area contributed by atoms with Crippen molar-refractivity contribution in [3.05, 3.63) is 11.6 Å². The summed E-state index contributed by atoms with van der Waals surface area (Å²) in [5.41, 5.74) is 0.467. The first-order valence-electron chi connectivity index (χ1n) is 7.33. The predicted molar refractivity (Wildman–Crippen MR) is 76.3 cm³/mol. The molecule has 1 fully saturated rings. The molecule has 20 heavy (non-hydrogen) atoms. The van der Waals surface area contributed by atoms with Crippen LogP contribution in [-0.2, 0) is 9.53 Å². The molecule has 0 aromatic carbocycles. The van der Waals surface area contributed by atoms with Gasteiger partial charge in [0.15, 0.2) is 0 Å². The number of piperazine rings is 1. The first-order valence-corrected chi connectivity index (χ1v) is 7.33. The van der Waals surface area contributed by atoms with E-state index in [0.29, 0.717) is 26.2 Å². The van der Waals surface area contributed by atoms with Gasteiger partial charge in [-0.05, 0) is 40.0 Å². The molecule has 0 unspecified atom stereocenters. The molecule has 0 radical (unpaired) electrons. The van der Waals surface area contributed by atoms with E-state index in [1.54, 1.807) is 4.90 Å². The van der Waals surface area contributed by atoms with Crippen molar-refractivity contribution in [3.63, 3.8) is 0 Å². The highest BCUT2D eigenvalue weighted by Gasteiger charge is 2.28. The average Bonchev–Trinajstić information content (AvgIpc) is 2.90. The van der Waals surface area contributed by atoms with E-state index in [-0.39, 0.29) is 12.0 Å². The Bertz CT molecular complexity index is 415. The summed E-state index contributed by atoms with van der Waals surface area (Å²) in [6, 6.07) is 0. The third-order valence-corrected chi connectivity index (χ3v) is 3.53. The Balaban J connectivity index is 1.83. The van der Waals surface area contributed by atoms with Crippen LogP contribution in [0.3, 0.4) is 0 Å². The van der Waals surface area contributed by atoms with E-state index in [1.807, 2.05) is 31.7 Å². The van der Waals surface area contributed by atoms with Crippen molar-refractivity contribution in [2.75, 3.05) is 26.2 Å². The van der Waals surface area contributed by atoms with Crippen LogP contribution in [0.25, 0.3) is 0 Å². The van der Waals surface area contributed by atoms with Crippen LogP contribution in [-0.4, -0.2) is 53.6 Å². The van der Waals surface area contributed by atoms with Gasteiger partial charge in [-0.15, -0.1) is 0 Å². The lowest BCUT2D eigenvalue weighted by molar-refractivity contribution is -0.128. The van der Waals surface area contributed by atoms with Crippen LogP contribution in [0.15, 0.2) is 11.6 Å². The van der Waals surface area contributed by atoms with Gasteiger partial charge in [-0.1, -0.05) is 6.08 Å². The fourth-order valence-corrected chi connectivity index (χ4v) is 2.49. The van der Waals surface area contributed by atoms with Gasteiger partial charge in [0.1, 0.15) is 5.60 Å². The lowest BCUT2D eigenvalue weighted by atomic mass is 10.2. The van der Waals surface area contributed by atoms with Crippen molar-refractivity contribution in [3.8, 4) is 0 Å². The fraction of sp³-hybridized carbons (Fsp3) is 0.733. The Kier molecular flexibility index (Phi) is 4.35. The van der Waals surface area contributed by atoms with E-state index in [0.717, 1.165) is 24.8 Å². The molecule has 1 aliphatic heterocycles. The standard InChI is InChI=1S/C15H24N2O3/c1-15(2,3)20-14(19)17-10-8-16(9-11-17)13(18)12-6-4-5-7-12/h6H,4-5,7-11H2,1-3H3. The minimum Gasteiger partial charge on any atom is -0.444 e. The molecule has 5 heteroatoms. The number of allylic oxidation sites excluding steroid dienone is 1. The molecule has 2 amide bonds. The lowest BCUT2D eigenvalue weighted by Gasteiger charge is -2.35. The molecular weight excluding hydrogens is 256 g/mol. The van der Waals surface area contributed by atoms with E-state index < -0.39 is 5.60 Å². The van der Waals surface area contributed by atoms with Crippen molar-refractivity contribution in [2.45, 2.75) is 45.6 Å². The van der Waals surface area contributed by atoms with Gasteiger partial charge in [0.25, 0.3) is 0 Å². The monoisotopic (exact) mass is 280 g/mol. The van der Waals surface area contributed by atoms with E-state index in [1.165, 1.54) is 0 Å². The Morgan fingerprint density at radius 2 is 1.70 bits per heavy atom.